The molecule has 4 rings (SSSR count). The Bertz CT molecular complexity index is 922. The summed E-state index contributed by atoms with van der Waals surface area (Å²) in [6.07, 6.45) is 9.63. The molecular weight excluding hydrogens is 454 g/mol. The zero-order valence-electron chi connectivity index (χ0n) is 22.1. The minimum Gasteiger partial charge on any atom is -0.369 e. The van der Waals surface area contributed by atoms with E-state index in [0.717, 1.165) is 50.8 Å². The van der Waals surface area contributed by atoms with Gasteiger partial charge in [-0.25, -0.2) is 4.79 Å². The number of urea groups is 1. The molecule has 0 bridgehead atoms. The lowest BCUT2D eigenvalue weighted by Crippen LogP contribution is -2.46. The van der Waals surface area contributed by atoms with E-state index in [0.29, 0.717) is 50.0 Å². The van der Waals surface area contributed by atoms with Crippen LogP contribution in [0.2, 0.25) is 0 Å². The van der Waals surface area contributed by atoms with Crippen molar-refractivity contribution in [2.75, 3.05) is 49.5 Å². The van der Waals surface area contributed by atoms with Gasteiger partial charge in [-0.3, -0.25) is 9.59 Å². The Morgan fingerprint density at radius 2 is 1.64 bits per heavy atom. The average Bonchev–Trinajstić information content (AvgIpc) is 3.10. The van der Waals surface area contributed by atoms with Crippen LogP contribution in [0.1, 0.15) is 82.0 Å². The highest BCUT2D eigenvalue weighted by Gasteiger charge is 2.28. The molecular formula is C28H43N5O3. The van der Waals surface area contributed by atoms with E-state index in [1.54, 1.807) is 0 Å². The molecule has 2 N–H and O–H groups in total. The van der Waals surface area contributed by atoms with E-state index in [1.807, 2.05) is 41.8 Å². The average molecular weight is 498 g/mol. The van der Waals surface area contributed by atoms with Crippen molar-refractivity contribution in [2.45, 2.75) is 77.7 Å². The van der Waals surface area contributed by atoms with Crippen LogP contribution >= 0.6 is 0 Å². The molecule has 1 heterocycles. The molecule has 3 aliphatic rings. The Labute approximate surface area is 215 Å². The van der Waals surface area contributed by atoms with Gasteiger partial charge in [-0.2, -0.15) is 0 Å². The van der Waals surface area contributed by atoms with Gasteiger partial charge >= 0.3 is 6.03 Å². The molecule has 3 fully saturated rings. The standard InChI is InChI=1S/C28H43N5O3/c1-3-31(4-2)27(35)24-20-23(29-26(34)21-10-8-11-21)14-15-25(24)32-16-9-17-33(19-18-32)28(36)30-22-12-6-5-7-13-22/h14-15,20-22H,3-13,16-19H2,1-2H3,(H,29,34)(H,30,36). The van der Waals surface area contributed by atoms with E-state index in [4.69, 9.17) is 0 Å². The van der Waals surface area contributed by atoms with Crippen molar-refractivity contribution in [1.29, 1.82) is 0 Å². The number of benzene rings is 1. The summed E-state index contributed by atoms with van der Waals surface area (Å²) < 4.78 is 0. The van der Waals surface area contributed by atoms with Crippen LogP contribution < -0.4 is 15.5 Å². The fourth-order valence-electron chi connectivity index (χ4n) is 5.53. The van der Waals surface area contributed by atoms with Crippen molar-refractivity contribution in [3.05, 3.63) is 23.8 Å². The molecule has 198 valence electrons. The number of anilines is 2. The fourth-order valence-corrected chi connectivity index (χ4v) is 5.53. The molecule has 0 unspecified atom stereocenters. The molecule has 8 heteroatoms. The van der Waals surface area contributed by atoms with Gasteiger partial charge in [0, 0.05) is 62.6 Å². The summed E-state index contributed by atoms with van der Waals surface area (Å²) in [7, 11) is 0. The van der Waals surface area contributed by atoms with Crippen LogP contribution in [0.5, 0.6) is 0 Å². The summed E-state index contributed by atoms with van der Waals surface area (Å²) in [5.41, 5.74) is 2.17. The molecule has 0 radical (unpaired) electrons. The predicted octanol–water partition coefficient (Wildman–Crippen LogP) is 4.46. The predicted molar refractivity (Wildman–Crippen MR) is 143 cm³/mol. The van der Waals surface area contributed by atoms with E-state index >= 15 is 0 Å². The number of hydrogen-bond donors (Lipinski definition) is 2. The van der Waals surface area contributed by atoms with Crippen LogP contribution in [-0.4, -0.2) is 73.0 Å². The van der Waals surface area contributed by atoms with Gasteiger partial charge in [0.15, 0.2) is 0 Å². The molecule has 2 saturated carbocycles. The van der Waals surface area contributed by atoms with E-state index in [1.165, 1.54) is 19.3 Å². The van der Waals surface area contributed by atoms with Gasteiger partial charge in [-0.05, 0) is 64.2 Å². The first-order chi connectivity index (χ1) is 17.5. The summed E-state index contributed by atoms with van der Waals surface area (Å²) in [6, 6.07) is 6.04. The highest BCUT2D eigenvalue weighted by Crippen LogP contribution is 2.30. The third-order valence-corrected chi connectivity index (χ3v) is 8.08. The van der Waals surface area contributed by atoms with Gasteiger partial charge in [0.2, 0.25) is 5.91 Å². The molecule has 36 heavy (non-hydrogen) atoms. The molecule has 1 aromatic carbocycles. The molecule has 4 amide bonds. The van der Waals surface area contributed by atoms with Gasteiger partial charge < -0.3 is 25.3 Å². The topological polar surface area (TPSA) is 85.0 Å². The van der Waals surface area contributed by atoms with Gasteiger partial charge in [-0.15, -0.1) is 0 Å². The number of rotatable bonds is 7. The van der Waals surface area contributed by atoms with Crippen molar-refractivity contribution < 1.29 is 14.4 Å². The minimum absolute atomic E-state index is 0.0223. The van der Waals surface area contributed by atoms with Gasteiger partial charge in [0.05, 0.1) is 5.56 Å². The second kappa shape index (κ2) is 12.5. The second-order valence-electron chi connectivity index (χ2n) is 10.4. The summed E-state index contributed by atoms with van der Waals surface area (Å²) in [6.45, 7) is 8.01. The van der Waals surface area contributed by atoms with Crippen molar-refractivity contribution in [3.8, 4) is 0 Å². The van der Waals surface area contributed by atoms with E-state index in [9.17, 15) is 14.4 Å². The Hall–Kier alpha value is -2.77. The zero-order valence-corrected chi connectivity index (χ0v) is 22.1. The van der Waals surface area contributed by atoms with Crippen molar-refractivity contribution in [2.24, 2.45) is 5.92 Å². The largest absolute Gasteiger partial charge is 0.369 e. The van der Waals surface area contributed by atoms with Crippen LogP contribution in [0.25, 0.3) is 0 Å². The Balaban J connectivity index is 1.48. The summed E-state index contributed by atoms with van der Waals surface area (Å²) >= 11 is 0. The molecule has 8 nitrogen and oxygen atoms in total. The molecule has 1 aromatic rings. The summed E-state index contributed by atoms with van der Waals surface area (Å²) in [4.78, 5) is 44.9. The molecule has 2 aliphatic carbocycles. The maximum absolute atomic E-state index is 13.5. The van der Waals surface area contributed by atoms with E-state index < -0.39 is 0 Å². The van der Waals surface area contributed by atoms with E-state index in [2.05, 4.69) is 15.5 Å². The second-order valence-corrected chi connectivity index (χ2v) is 10.4. The molecule has 0 spiro atoms. The summed E-state index contributed by atoms with van der Waals surface area (Å²) in [5.74, 6) is 0.110. The highest BCUT2D eigenvalue weighted by atomic mass is 16.2. The molecule has 1 aliphatic heterocycles. The lowest BCUT2D eigenvalue weighted by Gasteiger charge is -2.29. The first kappa shape index (κ1) is 26.3. The van der Waals surface area contributed by atoms with Crippen molar-refractivity contribution in [1.82, 2.24) is 15.1 Å². The van der Waals surface area contributed by atoms with Crippen LogP contribution in [-0.2, 0) is 4.79 Å². The van der Waals surface area contributed by atoms with Crippen LogP contribution in [0.15, 0.2) is 18.2 Å². The van der Waals surface area contributed by atoms with Crippen molar-refractivity contribution >= 4 is 29.2 Å². The third kappa shape index (κ3) is 6.31. The highest BCUT2D eigenvalue weighted by molar-refractivity contribution is 6.02. The quantitative estimate of drug-likeness (QED) is 0.582. The smallest absolute Gasteiger partial charge is 0.317 e. The molecule has 0 aromatic heterocycles. The van der Waals surface area contributed by atoms with Gasteiger partial charge in [0.1, 0.15) is 0 Å². The maximum Gasteiger partial charge on any atom is 0.317 e. The van der Waals surface area contributed by atoms with Gasteiger partial charge in [-0.1, -0.05) is 25.7 Å². The number of nitrogens with one attached hydrogen (secondary N) is 2. The van der Waals surface area contributed by atoms with Crippen molar-refractivity contribution in [3.63, 3.8) is 0 Å². The first-order valence-corrected chi connectivity index (χ1v) is 14.0. The Morgan fingerprint density at radius 1 is 0.889 bits per heavy atom. The van der Waals surface area contributed by atoms with Crippen LogP contribution in [0.3, 0.4) is 0 Å². The summed E-state index contributed by atoms with van der Waals surface area (Å²) in [5, 5.41) is 6.27. The van der Waals surface area contributed by atoms with E-state index in [-0.39, 0.29) is 23.8 Å². The first-order valence-electron chi connectivity index (χ1n) is 14.0. The van der Waals surface area contributed by atoms with Crippen LogP contribution in [0, 0.1) is 5.92 Å². The monoisotopic (exact) mass is 497 g/mol. The number of nitrogens with zero attached hydrogens (tertiary/aromatic N) is 3. The third-order valence-electron chi connectivity index (χ3n) is 8.08. The normalized spacial score (nSPS) is 19.3. The number of hydrogen-bond acceptors (Lipinski definition) is 4. The lowest BCUT2D eigenvalue weighted by molar-refractivity contribution is -0.122. The van der Waals surface area contributed by atoms with Crippen LogP contribution in [0.4, 0.5) is 16.2 Å². The molecule has 0 atom stereocenters. The SMILES string of the molecule is CCN(CC)C(=O)c1cc(NC(=O)C2CCC2)ccc1N1CCCN(C(=O)NC2CCCCC2)CC1. The number of amides is 4. The Kier molecular flexibility index (Phi) is 9.10. The van der Waals surface area contributed by atoms with Gasteiger partial charge in [0.25, 0.3) is 5.91 Å². The number of carbonyl (C=O) groups excluding carboxylic acids is 3. The maximum atomic E-state index is 13.5. The number of carbonyl (C=O) groups is 3. The minimum atomic E-state index is -0.0223. The fraction of sp³-hybridized carbons (Fsp3) is 0.679. The Morgan fingerprint density at radius 3 is 2.31 bits per heavy atom. The lowest BCUT2D eigenvalue weighted by atomic mass is 9.85. The molecule has 1 saturated heterocycles. The zero-order chi connectivity index (χ0) is 25.5.